The van der Waals surface area contributed by atoms with Gasteiger partial charge >= 0.3 is 0 Å². The van der Waals surface area contributed by atoms with Gasteiger partial charge in [0.25, 0.3) is 0 Å². The zero-order valence-corrected chi connectivity index (χ0v) is 11.9. The molecule has 0 spiro atoms. The molecule has 19 heavy (non-hydrogen) atoms. The van der Waals surface area contributed by atoms with Crippen LogP contribution >= 0.6 is 25.3 Å². The summed E-state index contributed by atoms with van der Waals surface area (Å²) in [7, 11) is 0. The summed E-state index contributed by atoms with van der Waals surface area (Å²) in [5, 5.41) is 20.6. The molecule has 0 aliphatic heterocycles. The lowest BCUT2D eigenvalue weighted by Crippen LogP contribution is -1.87. The average molecular weight is 287 g/mol. The molecule has 0 heterocycles. The van der Waals surface area contributed by atoms with Gasteiger partial charge in [-0.1, -0.05) is 61.7 Å². The van der Waals surface area contributed by atoms with E-state index < -0.39 is 0 Å². The molecule has 0 aromatic heterocycles. The summed E-state index contributed by atoms with van der Waals surface area (Å²) in [6.45, 7) is 0. The van der Waals surface area contributed by atoms with Crippen molar-refractivity contribution >= 4 is 36.6 Å². The van der Waals surface area contributed by atoms with E-state index in [1.165, 1.54) is 10.8 Å². The largest absolute Gasteiger partial charge is 0.356 e. The zero-order valence-electron chi connectivity index (χ0n) is 10.1. The molecule has 2 rings (SSSR count). The predicted octanol–water partition coefficient (Wildman–Crippen LogP) is 4.22. The van der Waals surface area contributed by atoms with Crippen molar-refractivity contribution in [1.29, 1.82) is 10.5 Å². The highest BCUT2D eigenvalue weighted by Crippen LogP contribution is 2.14. The first kappa shape index (κ1) is 16.9. The van der Waals surface area contributed by atoms with E-state index in [2.05, 4.69) is 30.6 Å². The van der Waals surface area contributed by atoms with Gasteiger partial charge < -0.3 is 5.32 Å². The SMILES string of the molecule is N#CS.N#CS.c1ccc(Nc2ccccc2)cc1. The molecule has 0 saturated carbocycles. The summed E-state index contributed by atoms with van der Waals surface area (Å²) in [5.41, 5.74) is 2.24. The molecule has 3 nitrogen and oxygen atoms in total. The smallest absolute Gasteiger partial charge is 0.130 e. The number of thiocyanates is 2. The van der Waals surface area contributed by atoms with Gasteiger partial charge in [0.1, 0.15) is 10.8 Å². The Balaban J connectivity index is 0.000000465. The highest BCUT2D eigenvalue weighted by molar-refractivity contribution is 7.85. The van der Waals surface area contributed by atoms with Crippen molar-refractivity contribution in [3.8, 4) is 10.8 Å². The van der Waals surface area contributed by atoms with Gasteiger partial charge in [-0.2, -0.15) is 10.5 Å². The van der Waals surface area contributed by atoms with Crippen molar-refractivity contribution < 1.29 is 0 Å². The summed E-state index contributed by atoms with van der Waals surface area (Å²) in [5.74, 6) is 0. The Morgan fingerprint density at radius 1 is 0.684 bits per heavy atom. The van der Waals surface area contributed by atoms with Crippen molar-refractivity contribution in [2.45, 2.75) is 0 Å². The van der Waals surface area contributed by atoms with Crippen molar-refractivity contribution in [3.05, 3.63) is 60.7 Å². The molecule has 0 unspecified atom stereocenters. The van der Waals surface area contributed by atoms with Crippen LogP contribution in [0.25, 0.3) is 0 Å². The molecule has 96 valence electrons. The number of anilines is 2. The van der Waals surface area contributed by atoms with E-state index in [1.807, 2.05) is 60.7 Å². The number of para-hydroxylation sites is 2. The number of thiol groups is 2. The molecule has 5 heteroatoms. The Labute approximate surface area is 124 Å². The number of hydrogen-bond acceptors (Lipinski definition) is 5. The molecule has 0 aliphatic rings. The minimum atomic E-state index is 1.12. The van der Waals surface area contributed by atoms with Crippen molar-refractivity contribution in [1.82, 2.24) is 0 Å². The molecule has 2 aromatic rings. The number of rotatable bonds is 2. The van der Waals surface area contributed by atoms with Crippen LogP contribution in [0.1, 0.15) is 0 Å². The summed E-state index contributed by atoms with van der Waals surface area (Å²) in [6.07, 6.45) is 0. The third-order valence-corrected chi connectivity index (χ3v) is 1.84. The first-order valence-electron chi connectivity index (χ1n) is 5.22. The molecule has 0 fully saturated rings. The molecule has 0 saturated heterocycles. The fourth-order valence-corrected chi connectivity index (χ4v) is 1.21. The Bertz CT molecular complexity index is 466. The number of nitrogens with one attached hydrogen (secondary N) is 1. The van der Waals surface area contributed by atoms with Gasteiger partial charge in [-0.25, -0.2) is 0 Å². The van der Waals surface area contributed by atoms with Gasteiger partial charge in [0.2, 0.25) is 0 Å². The second-order valence-electron chi connectivity index (χ2n) is 3.06. The average Bonchev–Trinajstić information content (AvgIpc) is 2.43. The lowest BCUT2D eigenvalue weighted by atomic mass is 10.3. The Kier molecular flexibility index (Phi) is 11.0. The predicted molar refractivity (Wildman–Crippen MR) is 85.4 cm³/mol. The molecule has 0 radical (unpaired) electrons. The highest BCUT2D eigenvalue weighted by atomic mass is 32.1. The quantitative estimate of drug-likeness (QED) is 0.572. The zero-order chi connectivity index (χ0) is 14.3. The summed E-state index contributed by atoms with van der Waals surface area (Å²) in [6, 6.07) is 20.3. The molecule has 0 aliphatic carbocycles. The highest BCUT2D eigenvalue weighted by Gasteiger charge is 1.89. The minimum Gasteiger partial charge on any atom is -0.356 e. The van der Waals surface area contributed by atoms with E-state index in [1.54, 1.807) is 0 Å². The first-order chi connectivity index (χ1) is 9.28. The van der Waals surface area contributed by atoms with Crippen LogP contribution in [-0.4, -0.2) is 0 Å². The fraction of sp³-hybridized carbons (Fsp3) is 0. The Hall–Kier alpha value is -2.08. The fourth-order valence-electron chi connectivity index (χ4n) is 1.21. The molecule has 0 bridgehead atoms. The van der Waals surface area contributed by atoms with E-state index in [0.717, 1.165) is 11.4 Å². The molecule has 0 amide bonds. The first-order valence-corrected chi connectivity index (χ1v) is 6.11. The monoisotopic (exact) mass is 287 g/mol. The topological polar surface area (TPSA) is 59.6 Å². The van der Waals surface area contributed by atoms with Crippen molar-refractivity contribution in [2.24, 2.45) is 0 Å². The van der Waals surface area contributed by atoms with Crippen LogP contribution in [0.4, 0.5) is 11.4 Å². The maximum atomic E-state index is 7.18. The second kappa shape index (κ2) is 12.4. The Morgan fingerprint density at radius 2 is 0.947 bits per heavy atom. The van der Waals surface area contributed by atoms with E-state index in [-0.39, 0.29) is 0 Å². The standard InChI is InChI=1S/C12H11N.2CHNS/c1-3-7-11(8-4-1)13-12-9-5-2-6-10-12;2*2-1-3/h1-10,13H;2*3H. The number of hydrogen-bond donors (Lipinski definition) is 3. The van der Waals surface area contributed by atoms with E-state index in [9.17, 15) is 0 Å². The van der Waals surface area contributed by atoms with E-state index >= 15 is 0 Å². The van der Waals surface area contributed by atoms with Crippen LogP contribution < -0.4 is 5.32 Å². The lowest BCUT2D eigenvalue weighted by molar-refractivity contribution is 1.55. The van der Waals surface area contributed by atoms with Gasteiger partial charge in [0.15, 0.2) is 0 Å². The molecular weight excluding hydrogens is 274 g/mol. The lowest BCUT2D eigenvalue weighted by Gasteiger charge is -2.04. The number of nitrogens with zero attached hydrogens (tertiary/aromatic N) is 2. The third kappa shape index (κ3) is 9.61. The van der Waals surface area contributed by atoms with Gasteiger partial charge in [-0.15, -0.1) is 0 Å². The summed E-state index contributed by atoms with van der Waals surface area (Å²) in [4.78, 5) is 0. The van der Waals surface area contributed by atoms with Gasteiger partial charge in [0.05, 0.1) is 0 Å². The van der Waals surface area contributed by atoms with Crippen LogP contribution in [-0.2, 0) is 0 Å². The van der Waals surface area contributed by atoms with Crippen molar-refractivity contribution in [3.63, 3.8) is 0 Å². The Morgan fingerprint density at radius 3 is 1.21 bits per heavy atom. The molecule has 0 atom stereocenters. The van der Waals surface area contributed by atoms with Crippen LogP contribution in [0.5, 0.6) is 0 Å². The number of nitriles is 2. The van der Waals surface area contributed by atoms with Crippen LogP contribution in [0, 0.1) is 21.3 Å². The normalized spacial score (nSPS) is 7.37. The van der Waals surface area contributed by atoms with Gasteiger partial charge in [-0.05, 0) is 24.3 Å². The molecular formula is C14H13N3S2. The number of benzene rings is 2. The maximum Gasteiger partial charge on any atom is 0.130 e. The minimum absolute atomic E-state index is 1.12. The van der Waals surface area contributed by atoms with Crippen LogP contribution in [0.3, 0.4) is 0 Å². The van der Waals surface area contributed by atoms with E-state index in [0.29, 0.717) is 0 Å². The van der Waals surface area contributed by atoms with Gasteiger partial charge in [-0.3, -0.25) is 0 Å². The van der Waals surface area contributed by atoms with Crippen molar-refractivity contribution in [2.75, 3.05) is 5.32 Å². The van der Waals surface area contributed by atoms with E-state index in [4.69, 9.17) is 10.5 Å². The summed E-state index contributed by atoms with van der Waals surface area (Å²) < 4.78 is 0. The van der Waals surface area contributed by atoms with Crippen LogP contribution in [0.2, 0.25) is 0 Å². The maximum absolute atomic E-state index is 7.18. The second-order valence-corrected chi connectivity index (χ2v) is 3.46. The van der Waals surface area contributed by atoms with Gasteiger partial charge in [0, 0.05) is 11.4 Å². The molecule has 2 aromatic carbocycles. The van der Waals surface area contributed by atoms with Crippen LogP contribution in [0.15, 0.2) is 60.7 Å². The third-order valence-electron chi connectivity index (χ3n) is 1.84. The molecule has 1 N–H and O–H groups in total. The summed E-state index contributed by atoms with van der Waals surface area (Å²) >= 11 is 6.19.